The number of hydrogen-bond donors (Lipinski definition) is 1. The third-order valence-electron chi connectivity index (χ3n) is 2.68. The number of nitrogens with one attached hydrogen (secondary N) is 1. The van der Waals surface area contributed by atoms with E-state index in [1.807, 2.05) is 12.3 Å². The van der Waals surface area contributed by atoms with E-state index in [1.54, 1.807) is 17.4 Å². The van der Waals surface area contributed by atoms with Crippen molar-refractivity contribution in [2.45, 2.75) is 13.0 Å². The van der Waals surface area contributed by atoms with Crippen LogP contribution in [0.4, 0.5) is 10.3 Å². The number of aromatic nitrogens is 3. The van der Waals surface area contributed by atoms with E-state index in [2.05, 4.69) is 26.8 Å². The summed E-state index contributed by atoms with van der Waals surface area (Å²) in [6, 6.07) is 5.15. The lowest BCUT2D eigenvalue weighted by Gasteiger charge is -2.09. The number of hydrogen-bond acceptors (Lipinski definition) is 4. The Bertz CT molecular complexity index is 662. The van der Waals surface area contributed by atoms with Crippen molar-refractivity contribution in [3.8, 4) is 0 Å². The van der Waals surface area contributed by atoms with Crippen LogP contribution in [0, 0.1) is 5.82 Å². The summed E-state index contributed by atoms with van der Waals surface area (Å²) in [6.07, 6.45) is 1.31. The molecule has 0 aromatic carbocycles. The van der Waals surface area contributed by atoms with Crippen molar-refractivity contribution in [1.82, 2.24) is 14.6 Å². The maximum absolute atomic E-state index is 13.0. The second kappa shape index (κ2) is 4.38. The van der Waals surface area contributed by atoms with E-state index in [9.17, 15) is 4.39 Å². The SMILES string of the molecule is CC(Nc1nc2ccc(F)cn2n1)c1ccsc1. The molecule has 0 saturated heterocycles. The van der Waals surface area contributed by atoms with E-state index >= 15 is 0 Å². The Balaban J connectivity index is 1.86. The van der Waals surface area contributed by atoms with Gasteiger partial charge in [0.2, 0.25) is 5.95 Å². The molecule has 0 aliphatic heterocycles. The summed E-state index contributed by atoms with van der Waals surface area (Å²) in [5.41, 5.74) is 1.81. The van der Waals surface area contributed by atoms with Crippen molar-refractivity contribution in [1.29, 1.82) is 0 Å². The van der Waals surface area contributed by atoms with E-state index in [1.165, 1.54) is 22.3 Å². The van der Waals surface area contributed by atoms with Crippen LogP contribution in [0.5, 0.6) is 0 Å². The molecule has 0 bridgehead atoms. The highest BCUT2D eigenvalue weighted by molar-refractivity contribution is 7.07. The normalized spacial score (nSPS) is 12.8. The Morgan fingerprint density at radius 2 is 2.28 bits per heavy atom. The molecule has 0 radical (unpaired) electrons. The summed E-state index contributed by atoms with van der Waals surface area (Å²) >= 11 is 1.65. The Hall–Kier alpha value is -1.95. The van der Waals surface area contributed by atoms with Gasteiger partial charge >= 0.3 is 0 Å². The number of pyridine rings is 1. The monoisotopic (exact) mass is 262 g/mol. The van der Waals surface area contributed by atoms with Crippen molar-refractivity contribution >= 4 is 22.9 Å². The lowest BCUT2D eigenvalue weighted by atomic mass is 10.2. The molecule has 0 fully saturated rings. The van der Waals surface area contributed by atoms with E-state index in [-0.39, 0.29) is 11.9 Å². The van der Waals surface area contributed by atoms with Gasteiger partial charge in [-0.1, -0.05) is 0 Å². The molecule has 3 heterocycles. The van der Waals surface area contributed by atoms with Crippen LogP contribution in [0.15, 0.2) is 35.2 Å². The second-order valence-corrected chi connectivity index (χ2v) is 4.79. The van der Waals surface area contributed by atoms with Crippen molar-refractivity contribution in [2.24, 2.45) is 0 Å². The lowest BCUT2D eigenvalue weighted by Crippen LogP contribution is -2.06. The number of thiophene rings is 1. The third kappa shape index (κ3) is 2.06. The quantitative estimate of drug-likeness (QED) is 0.788. The zero-order valence-electron chi connectivity index (χ0n) is 9.67. The molecule has 3 aromatic heterocycles. The average Bonchev–Trinajstić information content (AvgIpc) is 2.95. The Morgan fingerprint density at radius 1 is 1.39 bits per heavy atom. The van der Waals surface area contributed by atoms with Crippen LogP contribution in [0.25, 0.3) is 5.65 Å². The van der Waals surface area contributed by atoms with Gasteiger partial charge in [0, 0.05) is 0 Å². The summed E-state index contributed by atoms with van der Waals surface area (Å²) < 4.78 is 14.5. The van der Waals surface area contributed by atoms with Crippen molar-refractivity contribution in [2.75, 3.05) is 5.32 Å². The third-order valence-corrected chi connectivity index (χ3v) is 3.39. The second-order valence-electron chi connectivity index (χ2n) is 4.01. The fraction of sp³-hybridized carbons (Fsp3) is 0.167. The molecule has 1 unspecified atom stereocenters. The van der Waals surface area contributed by atoms with Crippen molar-refractivity contribution in [3.63, 3.8) is 0 Å². The van der Waals surface area contributed by atoms with Crippen LogP contribution in [0.1, 0.15) is 18.5 Å². The van der Waals surface area contributed by atoms with Gasteiger partial charge in [0.1, 0.15) is 5.82 Å². The average molecular weight is 262 g/mol. The molecule has 3 rings (SSSR count). The topological polar surface area (TPSA) is 42.2 Å². The zero-order chi connectivity index (χ0) is 12.5. The van der Waals surface area contributed by atoms with Crippen molar-refractivity contribution in [3.05, 3.63) is 46.5 Å². The molecule has 1 N–H and O–H groups in total. The molecule has 0 amide bonds. The molecule has 3 aromatic rings. The molecule has 4 nitrogen and oxygen atoms in total. The maximum atomic E-state index is 13.0. The summed E-state index contributed by atoms with van der Waals surface area (Å²) in [4.78, 5) is 4.28. The molecule has 0 saturated carbocycles. The van der Waals surface area contributed by atoms with Gasteiger partial charge in [0.25, 0.3) is 0 Å². The number of halogens is 1. The van der Waals surface area contributed by atoms with Gasteiger partial charge in [-0.2, -0.15) is 16.3 Å². The predicted octanol–water partition coefficient (Wildman–Crippen LogP) is 3.10. The van der Waals surface area contributed by atoms with Gasteiger partial charge in [-0.05, 0) is 41.4 Å². The standard InChI is InChI=1S/C12H11FN4S/c1-8(9-4-5-18-7-9)14-12-15-11-3-2-10(13)6-17(11)16-12/h2-8H,1H3,(H,14,16). The number of anilines is 1. The van der Waals surface area contributed by atoms with E-state index < -0.39 is 0 Å². The summed E-state index contributed by atoms with van der Waals surface area (Å²) in [6.45, 7) is 2.04. The first-order chi connectivity index (χ1) is 8.72. The smallest absolute Gasteiger partial charge is 0.243 e. The molecule has 0 aliphatic rings. The minimum absolute atomic E-state index is 0.124. The van der Waals surface area contributed by atoms with Crippen LogP contribution < -0.4 is 5.32 Å². The van der Waals surface area contributed by atoms with Gasteiger partial charge in [0.15, 0.2) is 5.65 Å². The molecule has 6 heteroatoms. The first-order valence-electron chi connectivity index (χ1n) is 5.53. The van der Waals surface area contributed by atoms with Crippen molar-refractivity contribution < 1.29 is 4.39 Å². The molecule has 1 atom stereocenters. The van der Waals surface area contributed by atoms with Gasteiger partial charge in [-0.15, -0.1) is 5.10 Å². The molecular formula is C12H11FN4S. The van der Waals surface area contributed by atoms with E-state index in [0.717, 1.165) is 0 Å². The van der Waals surface area contributed by atoms with Crippen LogP contribution in [-0.4, -0.2) is 14.6 Å². The number of nitrogens with zero attached hydrogens (tertiary/aromatic N) is 3. The fourth-order valence-electron chi connectivity index (χ4n) is 1.72. The first-order valence-corrected chi connectivity index (χ1v) is 6.47. The van der Waals surface area contributed by atoms with Crippen LogP contribution in [0.2, 0.25) is 0 Å². The Kier molecular flexibility index (Phi) is 2.71. The summed E-state index contributed by atoms with van der Waals surface area (Å²) in [7, 11) is 0. The summed E-state index contributed by atoms with van der Waals surface area (Å²) in [5, 5.41) is 11.5. The van der Waals surface area contributed by atoms with Gasteiger partial charge in [-0.25, -0.2) is 8.91 Å². The van der Waals surface area contributed by atoms with Crippen LogP contribution in [0.3, 0.4) is 0 Å². The lowest BCUT2D eigenvalue weighted by molar-refractivity contribution is 0.614. The van der Waals surface area contributed by atoms with E-state index in [4.69, 9.17) is 0 Å². The van der Waals surface area contributed by atoms with Crippen LogP contribution in [-0.2, 0) is 0 Å². The van der Waals surface area contributed by atoms with E-state index in [0.29, 0.717) is 11.6 Å². The molecule has 18 heavy (non-hydrogen) atoms. The maximum Gasteiger partial charge on any atom is 0.243 e. The number of fused-ring (bicyclic) bond motifs is 1. The largest absolute Gasteiger partial charge is 0.346 e. The minimum atomic E-state index is -0.329. The Labute approximate surface area is 107 Å². The predicted molar refractivity (Wildman–Crippen MR) is 69.3 cm³/mol. The highest BCUT2D eigenvalue weighted by Gasteiger charge is 2.09. The summed E-state index contributed by atoms with van der Waals surface area (Å²) in [5.74, 6) is 0.170. The van der Waals surface area contributed by atoms with Crippen LogP contribution >= 0.6 is 11.3 Å². The fourth-order valence-corrected chi connectivity index (χ4v) is 2.47. The first kappa shape index (κ1) is 11.2. The minimum Gasteiger partial charge on any atom is -0.346 e. The molecule has 0 spiro atoms. The number of rotatable bonds is 3. The zero-order valence-corrected chi connectivity index (χ0v) is 10.5. The van der Waals surface area contributed by atoms with Gasteiger partial charge < -0.3 is 5.32 Å². The highest BCUT2D eigenvalue weighted by Crippen LogP contribution is 2.19. The highest BCUT2D eigenvalue weighted by atomic mass is 32.1. The molecule has 0 aliphatic carbocycles. The van der Waals surface area contributed by atoms with Gasteiger partial charge in [0.05, 0.1) is 12.2 Å². The Morgan fingerprint density at radius 3 is 3.06 bits per heavy atom. The van der Waals surface area contributed by atoms with Gasteiger partial charge in [-0.3, -0.25) is 0 Å². The molecule has 92 valence electrons. The molecular weight excluding hydrogens is 251 g/mol.